The SMILES string of the molecule is CCn1c(-c2ccccc2CCOC)c2c3cc(ccc31)-c1cc(O)cc(c1)C[C@H](NC(=O)[C@H](C(C)C)N(C)C(=O)[C@H]1CCN(C(=O)CCCN(C)C)C1)C(=O)N1CCC[C@H](N1)C(=O)OCC(C)(C)C2. The fraction of sp³-hybridized carbons (Fsp3) is 0.545. The Morgan fingerprint density at radius 2 is 1.77 bits per heavy atom. The Morgan fingerprint density at radius 3 is 2.50 bits per heavy atom. The van der Waals surface area contributed by atoms with Crippen LogP contribution in [0.3, 0.4) is 0 Å². The van der Waals surface area contributed by atoms with E-state index in [1.54, 1.807) is 31.2 Å². The van der Waals surface area contributed by atoms with Gasteiger partial charge in [-0.2, -0.15) is 0 Å². The number of cyclic esters (lactones) is 1. The van der Waals surface area contributed by atoms with Gasteiger partial charge in [0.1, 0.15) is 23.9 Å². The lowest BCUT2D eigenvalue weighted by Crippen LogP contribution is -2.62. The highest BCUT2D eigenvalue weighted by molar-refractivity contribution is 5.96. The lowest BCUT2D eigenvalue weighted by molar-refractivity contribution is -0.155. The van der Waals surface area contributed by atoms with E-state index in [0.29, 0.717) is 63.9 Å². The van der Waals surface area contributed by atoms with Crippen LogP contribution in [0, 0.1) is 17.3 Å². The van der Waals surface area contributed by atoms with Crippen LogP contribution in [0.15, 0.2) is 60.7 Å². The fourth-order valence-electron chi connectivity index (χ4n) is 10.7. The van der Waals surface area contributed by atoms with Crippen LogP contribution in [0.5, 0.6) is 5.75 Å². The van der Waals surface area contributed by atoms with Gasteiger partial charge in [-0.05, 0) is 124 Å². The Bertz CT molecular complexity index is 2550. The Kier molecular flexibility index (Phi) is 16.8. The number of carbonyl (C=O) groups is 5. The number of aryl methyl sites for hydroxylation is 1. The maximum absolute atomic E-state index is 14.8. The van der Waals surface area contributed by atoms with Crippen molar-refractivity contribution in [1.82, 2.24) is 35.0 Å². The first-order valence-electron chi connectivity index (χ1n) is 25.2. The molecule has 4 amide bonds. The zero-order valence-corrected chi connectivity index (χ0v) is 42.8. The van der Waals surface area contributed by atoms with Gasteiger partial charge in [0.05, 0.1) is 24.8 Å². The number of phenolic OH excluding ortho intramolecular Hbond substituents is 1. The molecule has 6 bridgehead atoms. The molecule has 0 aliphatic carbocycles. The lowest BCUT2D eigenvalue weighted by Gasteiger charge is -2.37. The Hall–Kier alpha value is -5.77. The molecule has 0 spiro atoms. The second kappa shape index (κ2) is 22.5. The first-order chi connectivity index (χ1) is 33.4. The van der Waals surface area contributed by atoms with Crippen LogP contribution in [0.2, 0.25) is 0 Å². The minimum absolute atomic E-state index is 0.00542. The number of carbonyl (C=O) groups excluding carboxylic acids is 5. The average molecular weight is 962 g/mol. The number of hydrazine groups is 1. The van der Waals surface area contributed by atoms with E-state index in [1.807, 2.05) is 38.9 Å². The molecule has 3 aliphatic rings. The van der Waals surface area contributed by atoms with Crippen LogP contribution >= 0.6 is 0 Å². The van der Waals surface area contributed by atoms with Crippen molar-refractivity contribution in [3.05, 3.63) is 77.4 Å². The highest BCUT2D eigenvalue weighted by atomic mass is 16.5. The molecule has 70 heavy (non-hydrogen) atoms. The Morgan fingerprint density at radius 1 is 1.00 bits per heavy atom. The average Bonchev–Trinajstić information content (AvgIpc) is 3.94. The van der Waals surface area contributed by atoms with Gasteiger partial charge in [0.25, 0.3) is 5.91 Å². The lowest BCUT2D eigenvalue weighted by atomic mass is 9.83. The van der Waals surface area contributed by atoms with Gasteiger partial charge < -0.3 is 39.2 Å². The molecule has 3 aliphatic heterocycles. The second-order valence-electron chi connectivity index (χ2n) is 21.0. The van der Waals surface area contributed by atoms with Crippen LogP contribution in [0.4, 0.5) is 0 Å². The predicted octanol–water partition coefficient (Wildman–Crippen LogP) is 6.21. The molecular weight excluding hydrogens is 887 g/mol. The third kappa shape index (κ3) is 11.9. The van der Waals surface area contributed by atoms with Gasteiger partial charge in [-0.3, -0.25) is 29.0 Å². The van der Waals surface area contributed by atoms with E-state index in [9.17, 15) is 29.1 Å². The van der Waals surface area contributed by atoms with Crippen molar-refractivity contribution in [3.8, 4) is 28.1 Å². The van der Waals surface area contributed by atoms with Crippen molar-refractivity contribution in [2.75, 3.05) is 67.6 Å². The number of hydrogen-bond donors (Lipinski definition) is 3. The third-order valence-electron chi connectivity index (χ3n) is 14.2. The minimum Gasteiger partial charge on any atom is -0.508 e. The molecule has 7 rings (SSSR count). The van der Waals surface area contributed by atoms with Crippen LogP contribution in [0.25, 0.3) is 33.3 Å². The normalized spacial score (nSPS) is 20.1. The highest BCUT2D eigenvalue weighted by Crippen LogP contribution is 2.41. The summed E-state index contributed by atoms with van der Waals surface area (Å²) in [5, 5.41) is 16.9. The number of fused-ring (bicyclic) bond motifs is 6. The standard InChI is InChI=1S/C55H75N7O8/c1-10-61-47-20-19-38-31-43(47)44(50(61)42-16-12-11-15-37(42)22-26-69-9)32-55(4,5)34-70-54(68)45-17-13-24-62(57-45)53(67)46(29-36-27-40(38)30-41(63)28-36)56-51(65)49(35(2)3)59(8)52(66)39-21-25-60(33-39)48(64)18-14-23-58(6)7/h11-12,15-16,19-20,27-28,30-31,35,39,45-46,49,57,63H,10,13-14,17-18,21-26,29,32-34H2,1-9H3,(H,56,65)/t39-,45-,46-,49-/m0/s1. The molecule has 2 fully saturated rings. The van der Waals surface area contributed by atoms with Crippen LogP contribution in [0.1, 0.15) is 83.4 Å². The van der Waals surface area contributed by atoms with Gasteiger partial charge in [-0.25, -0.2) is 5.43 Å². The molecule has 0 saturated carbocycles. The summed E-state index contributed by atoms with van der Waals surface area (Å²) >= 11 is 0. The number of methoxy groups -OCH3 is 1. The molecule has 4 atom stereocenters. The molecule has 0 unspecified atom stereocenters. The number of hydrogen-bond acceptors (Lipinski definition) is 10. The number of likely N-dealkylation sites (tertiary alicyclic amines) is 1. The quantitative estimate of drug-likeness (QED) is 0.124. The minimum atomic E-state index is -1.15. The molecule has 3 N–H and O–H groups in total. The van der Waals surface area contributed by atoms with E-state index in [-0.39, 0.29) is 43.1 Å². The summed E-state index contributed by atoms with van der Waals surface area (Å²) in [6.07, 6.45) is 3.93. The van der Waals surface area contributed by atoms with Crippen LogP contribution < -0.4 is 10.7 Å². The first-order valence-corrected chi connectivity index (χ1v) is 25.2. The first kappa shape index (κ1) is 52.1. The van der Waals surface area contributed by atoms with E-state index >= 15 is 0 Å². The Labute approximate surface area is 413 Å². The summed E-state index contributed by atoms with van der Waals surface area (Å²) in [5.41, 5.74) is 10.4. The molecule has 4 heterocycles. The van der Waals surface area contributed by atoms with Crippen molar-refractivity contribution < 1.29 is 38.6 Å². The summed E-state index contributed by atoms with van der Waals surface area (Å²) in [7, 11) is 7.27. The largest absolute Gasteiger partial charge is 0.508 e. The molecule has 3 aromatic carbocycles. The molecule has 0 radical (unpaired) electrons. The number of nitrogens with zero attached hydrogens (tertiary/aromatic N) is 5. The monoisotopic (exact) mass is 962 g/mol. The molecule has 2 saturated heterocycles. The van der Waals surface area contributed by atoms with Gasteiger partial charge in [-0.1, -0.05) is 64.1 Å². The molecule has 1 aromatic heterocycles. The smallest absolute Gasteiger partial charge is 0.324 e. The van der Waals surface area contributed by atoms with Gasteiger partial charge in [0, 0.05) is 75.1 Å². The van der Waals surface area contributed by atoms with Crippen molar-refractivity contribution in [1.29, 1.82) is 0 Å². The number of aromatic nitrogens is 1. The van der Waals surface area contributed by atoms with Crippen LogP contribution in [-0.2, 0) is 59.3 Å². The second-order valence-corrected chi connectivity index (χ2v) is 21.0. The number of amides is 4. The summed E-state index contributed by atoms with van der Waals surface area (Å²) in [6.45, 7) is 13.3. The molecule has 378 valence electrons. The number of nitrogens with one attached hydrogen (secondary N) is 2. The van der Waals surface area contributed by atoms with E-state index in [2.05, 4.69) is 78.5 Å². The maximum atomic E-state index is 14.8. The summed E-state index contributed by atoms with van der Waals surface area (Å²) in [6, 6.07) is 17.2. The predicted molar refractivity (Wildman–Crippen MR) is 272 cm³/mol. The maximum Gasteiger partial charge on any atom is 0.324 e. The van der Waals surface area contributed by atoms with Crippen molar-refractivity contribution in [2.45, 2.75) is 111 Å². The molecule has 4 aromatic rings. The number of phenols is 1. The summed E-state index contributed by atoms with van der Waals surface area (Å²) < 4.78 is 14.0. The molecular formula is C55H75N7O8. The van der Waals surface area contributed by atoms with E-state index in [0.717, 1.165) is 58.2 Å². The topological polar surface area (TPSA) is 166 Å². The Balaban J connectivity index is 1.25. The number of ether oxygens (including phenoxy) is 2. The highest BCUT2D eigenvalue weighted by Gasteiger charge is 2.40. The van der Waals surface area contributed by atoms with E-state index in [4.69, 9.17) is 9.47 Å². The van der Waals surface area contributed by atoms with Crippen molar-refractivity contribution >= 4 is 40.5 Å². The van der Waals surface area contributed by atoms with E-state index < -0.39 is 47.2 Å². The van der Waals surface area contributed by atoms with Gasteiger partial charge in [0.2, 0.25) is 17.7 Å². The molecule has 15 nitrogen and oxygen atoms in total. The third-order valence-corrected chi connectivity index (χ3v) is 14.2. The number of esters is 1. The van der Waals surface area contributed by atoms with Crippen LogP contribution in [-0.4, -0.2) is 145 Å². The number of likely N-dealkylation sites (N-methyl/N-ethyl adjacent to an activating group) is 1. The fourth-order valence-corrected chi connectivity index (χ4v) is 10.7. The van der Waals surface area contributed by atoms with E-state index in [1.165, 1.54) is 15.5 Å². The van der Waals surface area contributed by atoms with Crippen molar-refractivity contribution in [2.24, 2.45) is 17.3 Å². The van der Waals surface area contributed by atoms with Gasteiger partial charge in [0.15, 0.2) is 0 Å². The zero-order chi connectivity index (χ0) is 50.4. The summed E-state index contributed by atoms with van der Waals surface area (Å²) in [4.78, 5) is 75.9. The number of rotatable bonds is 14. The molecule has 15 heteroatoms. The number of benzene rings is 3. The zero-order valence-electron chi connectivity index (χ0n) is 42.8. The van der Waals surface area contributed by atoms with Gasteiger partial charge in [-0.15, -0.1) is 0 Å². The van der Waals surface area contributed by atoms with Crippen molar-refractivity contribution in [3.63, 3.8) is 0 Å². The van der Waals surface area contributed by atoms with Gasteiger partial charge >= 0.3 is 5.97 Å². The number of aromatic hydroxyl groups is 1. The summed E-state index contributed by atoms with van der Waals surface area (Å²) in [5.74, 6) is -2.43.